The number of hydrogen-bond donors (Lipinski definition) is 1. The van der Waals surface area contributed by atoms with E-state index in [2.05, 4.69) is 10.4 Å². The molecule has 1 amide bonds. The van der Waals surface area contributed by atoms with Gasteiger partial charge in [-0.1, -0.05) is 12.1 Å². The molecule has 3 rings (SSSR count). The molecule has 0 saturated heterocycles. The fourth-order valence-corrected chi connectivity index (χ4v) is 3.19. The number of ether oxygens (including phenoxy) is 1. The number of carbonyl (C=O) groups is 1. The van der Waals surface area contributed by atoms with E-state index < -0.39 is 0 Å². The molecule has 3 aromatic rings. The third-order valence-corrected chi connectivity index (χ3v) is 4.70. The number of nitrogens with zero attached hydrogens (tertiary/aromatic N) is 2. The highest BCUT2D eigenvalue weighted by atomic mass is 32.1. The van der Waals surface area contributed by atoms with Crippen molar-refractivity contribution in [1.82, 2.24) is 15.1 Å². The highest BCUT2D eigenvalue weighted by Gasteiger charge is 2.10. The second-order valence-electron chi connectivity index (χ2n) is 5.77. The Bertz CT molecular complexity index is 854. The van der Waals surface area contributed by atoms with E-state index in [4.69, 9.17) is 4.74 Å². The van der Waals surface area contributed by atoms with E-state index in [0.29, 0.717) is 18.0 Å². The van der Waals surface area contributed by atoms with Crippen LogP contribution in [0.15, 0.2) is 48.0 Å². The Kier molecular flexibility index (Phi) is 5.50. The first-order valence-electron chi connectivity index (χ1n) is 8.21. The number of carbonyl (C=O) groups excluding carboxylic acids is 1. The van der Waals surface area contributed by atoms with Crippen LogP contribution in [0.1, 0.15) is 33.4 Å². The first kappa shape index (κ1) is 17.2. The molecule has 2 aromatic heterocycles. The molecule has 0 saturated carbocycles. The van der Waals surface area contributed by atoms with Gasteiger partial charge in [0.05, 0.1) is 17.1 Å². The van der Waals surface area contributed by atoms with Crippen LogP contribution < -0.4 is 10.1 Å². The Morgan fingerprint density at radius 1 is 1.32 bits per heavy atom. The van der Waals surface area contributed by atoms with E-state index in [1.807, 2.05) is 66.5 Å². The third kappa shape index (κ3) is 4.70. The zero-order chi connectivity index (χ0) is 17.6. The molecule has 1 aromatic carbocycles. The number of nitrogens with one attached hydrogen (secondary N) is 1. The van der Waals surface area contributed by atoms with E-state index in [-0.39, 0.29) is 5.91 Å². The molecule has 25 heavy (non-hydrogen) atoms. The van der Waals surface area contributed by atoms with Crippen LogP contribution in [0.4, 0.5) is 0 Å². The zero-order valence-corrected chi connectivity index (χ0v) is 15.2. The van der Waals surface area contributed by atoms with Crippen molar-refractivity contribution in [3.8, 4) is 5.75 Å². The van der Waals surface area contributed by atoms with Gasteiger partial charge in [-0.3, -0.25) is 9.48 Å². The van der Waals surface area contributed by atoms with Gasteiger partial charge >= 0.3 is 0 Å². The largest absolute Gasteiger partial charge is 0.489 e. The smallest absolute Gasteiger partial charge is 0.261 e. The Morgan fingerprint density at radius 2 is 2.20 bits per heavy atom. The average molecular weight is 355 g/mol. The minimum atomic E-state index is -0.0853. The van der Waals surface area contributed by atoms with Crippen molar-refractivity contribution in [1.29, 1.82) is 0 Å². The third-order valence-electron chi connectivity index (χ3n) is 3.72. The van der Waals surface area contributed by atoms with Crippen LogP contribution >= 0.6 is 11.3 Å². The molecule has 0 fully saturated rings. The SMILES string of the molecule is CCn1ccc(CNC(=O)c2cc(COc3cccc(C)c3)cs2)n1. The van der Waals surface area contributed by atoms with Crippen LogP contribution in [0.25, 0.3) is 0 Å². The molecule has 0 bridgehead atoms. The molecular formula is C19H21N3O2S. The lowest BCUT2D eigenvalue weighted by Crippen LogP contribution is -2.22. The summed E-state index contributed by atoms with van der Waals surface area (Å²) in [7, 11) is 0. The van der Waals surface area contributed by atoms with Crippen molar-refractivity contribution in [2.45, 2.75) is 33.5 Å². The second-order valence-corrected chi connectivity index (χ2v) is 6.68. The molecule has 0 spiro atoms. The van der Waals surface area contributed by atoms with Crippen molar-refractivity contribution >= 4 is 17.2 Å². The first-order valence-corrected chi connectivity index (χ1v) is 9.09. The molecule has 0 atom stereocenters. The van der Waals surface area contributed by atoms with Gasteiger partial charge in [-0.2, -0.15) is 5.10 Å². The summed E-state index contributed by atoms with van der Waals surface area (Å²) in [6.07, 6.45) is 1.91. The maximum atomic E-state index is 12.3. The highest BCUT2D eigenvalue weighted by Crippen LogP contribution is 2.18. The number of hydrogen-bond acceptors (Lipinski definition) is 4. The molecule has 5 nitrogen and oxygen atoms in total. The number of thiophene rings is 1. The molecule has 1 N–H and O–H groups in total. The van der Waals surface area contributed by atoms with Gasteiger partial charge in [-0.15, -0.1) is 11.3 Å². The first-order chi connectivity index (χ1) is 12.1. The van der Waals surface area contributed by atoms with Crippen molar-refractivity contribution in [2.75, 3.05) is 0 Å². The van der Waals surface area contributed by atoms with Crippen LogP contribution in [0, 0.1) is 6.92 Å². The van der Waals surface area contributed by atoms with Gasteiger partial charge in [-0.05, 0) is 49.1 Å². The minimum Gasteiger partial charge on any atom is -0.489 e. The van der Waals surface area contributed by atoms with Gasteiger partial charge in [0.2, 0.25) is 0 Å². The number of rotatable bonds is 7. The second kappa shape index (κ2) is 7.98. The standard InChI is InChI=1S/C19H21N3O2S/c1-3-22-8-7-16(21-22)11-20-19(23)18-10-15(13-25-18)12-24-17-6-4-5-14(2)9-17/h4-10,13H,3,11-12H2,1-2H3,(H,20,23). The average Bonchev–Trinajstić information content (AvgIpc) is 3.27. The predicted octanol–water partition coefficient (Wildman–Crippen LogP) is 3.78. The summed E-state index contributed by atoms with van der Waals surface area (Å²) in [5.74, 6) is 0.751. The van der Waals surface area contributed by atoms with Gasteiger partial charge in [0, 0.05) is 18.3 Å². The fourth-order valence-electron chi connectivity index (χ4n) is 2.37. The summed E-state index contributed by atoms with van der Waals surface area (Å²) in [6, 6.07) is 11.7. The summed E-state index contributed by atoms with van der Waals surface area (Å²) >= 11 is 1.42. The number of amides is 1. The molecule has 2 heterocycles. The minimum absolute atomic E-state index is 0.0853. The lowest BCUT2D eigenvalue weighted by Gasteiger charge is -2.05. The van der Waals surface area contributed by atoms with E-state index in [0.717, 1.165) is 29.1 Å². The van der Waals surface area contributed by atoms with Crippen molar-refractivity contribution in [2.24, 2.45) is 0 Å². The number of benzene rings is 1. The lowest BCUT2D eigenvalue weighted by atomic mass is 10.2. The Morgan fingerprint density at radius 3 is 2.96 bits per heavy atom. The van der Waals surface area contributed by atoms with Crippen LogP contribution in [0.5, 0.6) is 5.75 Å². The van der Waals surface area contributed by atoms with Gasteiger partial charge in [0.15, 0.2) is 0 Å². The zero-order valence-electron chi connectivity index (χ0n) is 14.4. The Labute approximate surface area is 151 Å². The molecule has 6 heteroatoms. The molecule has 0 aliphatic heterocycles. The van der Waals surface area contributed by atoms with Crippen molar-refractivity contribution < 1.29 is 9.53 Å². The molecule has 0 radical (unpaired) electrons. The fraction of sp³-hybridized carbons (Fsp3) is 0.263. The van der Waals surface area contributed by atoms with Crippen LogP contribution in [-0.4, -0.2) is 15.7 Å². The number of aromatic nitrogens is 2. The van der Waals surface area contributed by atoms with E-state index >= 15 is 0 Å². The molecule has 0 aliphatic carbocycles. The number of aryl methyl sites for hydroxylation is 2. The molecule has 0 unspecified atom stereocenters. The monoisotopic (exact) mass is 355 g/mol. The van der Waals surface area contributed by atoms with Gasteiger partial charge in [0.25, 0.3) is 5.91 Å². The summed E-state index contributed by atoms with van der Waals surface area (Å²) in [4.78, 5) is 12.9. The Hall–Kier alpha value is -2.60. The molecule has 0 aliphatic rings. The predicted molar refractivity (Wildman–Crippen MR) is 98.9 cm³/mol. The normalized spacial score (nSPS) is 10.6. The van der Waals surface area contributed by atoms with Crippen LogP contribution in [0.3, 0.4) is 0 Å². The van der Waals surface area contributed by atoms with Crippen LogP contribution in [-0.2, 0) is 19.7 Å². The lowest BCUT2D eigenvalue weighted by molar-refractivity contribution is 0.0954. The summed E-state index contributed by atoms with van der Waals surface area (Å²) < 4.78 is 7.61. The highest BCUT2D eigenvalue weighted by molar-refractivity contribution is 7.12. The summed E-state index contributed by atoms with van der Waals surface area (Å²) in [5.41, 5.74) is 3.01. The van der Waals surface area contributed by atoms with E-state index in [9.17, 15) is 4.79 Å². The van der Waals surface area contributed by atoms with Gasteiger partial charge in [-0.25, -0.2) is 0 Å². The van der Waals surface area contributed by atoms with E-state index in [1.165, 1.54) is 11.3 Å². The quantitative estimate of drug-likeness (QED) is 0.702. The summed E-state index contributed by atoms with van der Waals surface area (Å²) in [5, 5.41) is 9.21. The van der Waals surface area contributed by atoms with Crippen molar-refractivity contribution in [3.05, 3.63) is 69.7 Å². The molecule has 130 valence electrons. The van der Waals surface area contributed by atoms with Gasteiger partial charge in [0.1, 0.15) is 12.4 Å². The Balaban J connectivity index is 1.52. The topological polar surface area (TPSA) is 56.2 Å². The molecular weight excluding hydrogens is 334 g/mol. The van der Waals surface area contributed by atoms with Gasteiger partial charge < -0.3 is 10.1 Å². The summed E-state index contributed by atoms with van der Waals surface area (Å²) in [6.45, 7) is 5.76. The maximum absolute atomic E-state index is 12.3. The van der Waals surface area contributed by atoms with E-state index in [1.54, 1.807) is 0 Å². The van der Waals surface area contributed by atoms with Crippen LogP contribution in [0.2, 0.25) is 0 Å². The maximum Gasteiger partial charge on any atom is 0.261 e. The van der Waals surface area contributed by atoms with Crippen molar-refractivity contribution in [3.63, 3.8) is 0 Å².